The monoisotopic (exact) mass is 332 g/mol. The molecule has 122 valence electrons. The van der Waals surface area contributed by atoms with Crippen molar-refractivity contribution in [1.82, 2.24) is 14.9 Å². The minimum atomic E-state index is -3.63. The molecule has 4 rings (SSSR count). The zero-order valence-electron chi connectivity index (χ0n) is 12.9. The van der Waals surface area contributed by atoms with Gasteiger partial charge in [-0.3, -0.25) is 4.31 Å². The molecule has 0 saturated carbocycles. The summed E-state index contributed by atoms with van der Waals surface area (Å²) in [7, 11) is -3.63. The highest BCUT2D eigenvalue weighted by atomic mass is 32.2. The van der Waals surface area contributed by atoms with Gasteiger partial charge in [0.2, 0.25) is 0 Å². The van der Waals surface area contributed by atoms with E-state index in [1.165, 1.54) is 4.31 Å². The van der Waals surface area contributed by atoms with Crippen LogP contribution < -0.4 is 9.62 Å². The van der Waals surface area contributed by atoms with Crippen LogP contribution in [0.15, 0.2) is 35.5 Å². The largest absolute Gasteiger partial charge is 0.333 e. The van der Waals surface area contributed by atoms with Gasteiger partial charge in [-0.25, -0.2) is 4.98 Å². The predicted octanol–water partition coefficient (Wildman–Crippen LogP) is 1.52. The number of hydrogen-bond donors (Lipinski definition) is 1. The minimum Gasteiger partial charge on any atom is -0.333 e. The molecule has 1 aromatic carbocycles. The Balaban J connectivity index is 1.78. The van der Waals surface area contributed by atoms with Crippen LogP contribution in [0.2, 0.25) is 0 Å². The van der Waals surface area contributed by atoms with Gasteiger partial charge in [0.15, 0.2) is 5.03 Å². The van der Waals surface area contributed by atoms with Gasteiger partial charge in [0.1, 0.15) is 5.82 Å². The Hall–Kier alpha value is -1.86. The van der Waals surface area contributed by atoms with E-state index < -0.39 is 10.0 Å². The average Bonchev–Trinajstić information content (AvgIpc) is 2.88. The Labute approximate surface area is 136 Å². The van der Waals surface area contributed by atoms with Gasteiger partial charge in [-0.2, -0.15) is 8.42 Å². The number of sulfonamides is 1. The molecule has 2 aliphatic rings. The maximum absolute atomic E-state index is 13.1. The molecule has 0 amide bonds. The molecule has 0 aliphatic carbocycles. The summed E-state index contributed by atoms with van der Waals surface area (Å²) in [5.74, 6) is 0.885. The molecule has 2 aliphatic heterocycles. The number of para-hydroxylation sites is 1. The lowest BCUT2D eigenvalue weighted by Crippen LogP contribution is -2.35. The second-order valence-electron chi connectivity index (χ2n) is 6.03. The number of fused-ring (bicyclic) bond motifs is 2. The summed E-state index contributed by atoms with van der Waals surface area (Å²) in [6, 6.07) is 7.65. The summed E-state index contributed by atoms with van der Waals surface area (Å²) in [4.78, 5) is 4.41. The van der Waals surface area contributed by atoms with E-state index in [4.69, 9.17) is 0 Å². The van der Waals surface area contributed by atoms with Gasteiger partial charge >= 0.3 is 0 Å². The molecule has 3 heterocycles. The van der Waals surface area contributed by atoms with E-state index in [0.717, 1.165) is 42.9 Å². The highest BCUT2D eigenvalue weighted by Crippen LogP contribution is 2.28. The fourth-order valence-corrected chi connectivity index (χ4v) is 4.78. The van der Waals surface area contributed by atoms with Crippen molar-refractivity contribution in [3.63, 3.8) is 0 Å². The predicted molar refractivity (Wildman–Crippen MR) is 87.8 cm³/mol. The number of nitrogens with one attached hydrogen (secondary N) is 1. The third-order valence-electron chi connectivity index (χ3n) is 4.51. The lowest BCUT2D eigenvalue weighted by molar-refractivity contribution is 0.522. The van der Waals surface area contributed by atoms with Gasteiger partial charge in [0.05, 0.1) is 5.69 Å². The molecule has 0 fully saturated rings. The van der Waals surface area contributed by atoms with E-state index in [2.05, 4.69) is 10.3 Å². The van der Waals surface area contributed by atoms with Crippen LogP contribution in [0.1, 0.15) is 24.2 Å². The molecule has 0 unspecified atom stereocenters. The van der Waals surface area contributed by atoms with Gasteiger partial charge in [0.25, 0.3) is 10.0 Å². The van der Waals surface area contributed by atoms with Gasteiger partial charge in [-0.05, 0) is 24.5 Å². The third kappa shape index (κ3) is 2.53. The summed E-state index contributed by atoms with van der Waals surface area (Å²) in [6.07, 6.45) is 4.71. The first-order valence-electron chi connectivity index (χ1n) is 8.04. The fraction of sp³-hybridized carbons (Fsp3) is 0.438. The molecule has 6 nitrogen and oxygen atoms in total. The molecule has 23 heavy (non-hydrogen) atoms. The molecule has 0 radical (unpaired) electrons. The van der Waals surface area contributed by atoms with E-state index in [0.29, 0.717) is 19.6 Å². The number of hydrogen-bond acceptors (Lipinski definition) is 4. The molecule has 1 aromatic heterocycles. The van der Waals surface area contributed by atoms with Crippen molar-refractivity contribution in [3.05, 3.63) is 41.9 Å². The second kappa shape index (κ2) is 5.65. The van der Waals surface area contributed by atoms with Gasteiger partial charge in [-0.1, -0.05) is 18.2 Å². The van der Waals surface area contributed by atoms with E-state index in [1.807, 2.05) is 28.8 Å². The van der Waals surface area contributed by atoms with Crippen LogP contribution in [-0.2, 0) is 29.5 Å². The summed E-state index contributed by atoms with van der Waals surface area (Å²) >= 11 is 0. The van der Waals surface area contributed by atoms with Gasteiger partial charge in [-0.15, -0.1) is 0 Å². The number of benzene rings is 1. The van der Waals surface area contributed by atoms with Crippen molar-refractivity contribution in [3.8, 4) is 0 Å². The lowest BCUT2D eigenvalue weighted by Gasteiger charge is -2.22. The second-order valence-corrected chi connectivity index (χ2v) is 7.84. The first kappa shape index (κ1) is 14.7. The van der Waals surface area contributed by atoms with Gasteiger partial charge in [0, 0.05) is 38.8 Å². The van der Waals surface area contributed by atoms with Gasteiger partial charge < -0.3 is 9.88 Å². The Morgan fingerprint density at radius 1 is 1.13 bits per heavy atom. The smallest absolute Gasteiger partial charge is 0.283 e. The Bertz CT molecular complexity index is 805. The van der Waals surface area contributed by atoms with Crippen LogP contribution in [0.25, 0.3) is 0 Å². The molecular weight excluding hydrogens is 312 g/mol. The minimum absolute atomic E-state index is 0.172. The number of rotatable bonds is 2. The van der Waals surface area contributed by atoms with Crippen molar-refractivity contribution < 1.29 is 8.42 Å². The number of anilines is 1. The van der Waals surface area contributed by atoms with Crippen LogP contribution in [-0.4, -0.2) is 31.1 Å². The molecule has 1 N–H and O–H groups in total. The molecule has 2 aromatic rings. The zero-order chi connectivity index (χ0) is 15.9. The highest BCUT2D eigenvalue weighted by molar-refractivity contribution is 7.92. The summed E-state index contributed by atoms with van der Waals surface area (Å²) in [5.41, 5.74) is 1.75. The summed E-state index contributed by atoms with van der Waals surface area (Å²) < 4.78 is 29.8. The zero-order valence-corrected chi connectivity index (χ0v) is 13.7. The fourth-order valence-electron chi connectivity index (χ4n) is 3.30. The van der Waals surface area contributed by atoms with Crippen LogP contribution in [0.4, 0.5) is 5.69 Å². The standard InChI is InChI=1S/C16H20N4O2S/c21-23(22,16-12-19-9-4-3-7-15(19)18-16)20-10-8-17-11-13-5-1-2-6-14(13)20/h1-2,5-6,12,17H,3-4,7-11H2. The quantitative estimate of drug-likeness (QED) is 0.905. The first-order valence-corrected chi connectivity index (χ1v) is 9.48. The van der Waals surface area contributed by atoms with E-state index in [9.17, 15) is 8.42 Å². The van der Waals surface area contributed by atoms with Crippen LogP contribution >= 0.6 is 0 Å². The first-order chi connectivity index (χ1) is 11.2. The van der Waals surface area contributed by atoms with Crippen molar-refractivity contribution in [2.45, 2.75) is 37.4 Å². The normalized spacial score (nSPS) is 18.2. The highest BCUT2D eigenvalue weighted by Gasteiger charge is 2.31. The number of aromatic nitrogens is 2. The maximum atomic E-state index is 13.1. The molecule has 0 saturated heterocycles. The van der Waals surface area contributed by atoms with Crippen LogP contribution in [0, 0.1) is 0 Å². The van der Waals surface area contributed by atoms with Crippen molar-refractivity contribution >= 4 is 15.7 Å². The van der Waals surface area contributed by atoms with Crippen LogP contribution in [0.5, 0.6) is 0 Å². The Morgan fingerprint density at radius 3 is 2.87 bits per heavy atom. The van der Waals surface area contributed by atoms with Crippen molar-refractivity contribution in [2.24, 2.45) is 0 Å². The molecular formula is C16H20N4O2S. The number of imidazole rings is 1. The van der Waals surface area contributed by atoms with E-state index in [-0.39, 0.29) is 5.03 Å². The van der Waals surface area contributed by atoms with Crippen molar-refractivity contribution in [2.75, 3.05) is 17.4 Å². The van der Waals surface area contributed by atoms with Crippen molar-refractivity contribution in [1.29, 1.82) is 0 Å². The molecule has 7 heteroatoms. The number of nitrogens with zero attached hydrogens (tertiary/aromatic N) is 3. The lowest BCUT2D eigenvalue weighted by atomic mass is 10.2. The van der Waals surface area contributed by atoms with E-state index >= 15 is 0 Å². The topological polar surface area (TPSA) is 67.2 Å². The SMILES string of the molecule is O=S(=O)(c1cn2c(n1)CCCC2)N1CCNCc2ccccc21. The Morgan fingerprint density at radius 2 is 2.00 bits per heavy atom. The summed E-state index contributed by atoms with van der Waals surface area (Å²) in [6.45, 7) is 2.58. The maximum Gasteiger partial charge on any atom is 0.283 e. The molecule has 0 atom stereocenters. The third-order valence-corrected chi connectivity index (χ3v) is 6.19. The molecule has 0 bridgehead atoms. The molecule has 0 spiro atoms. The number of aryl methyl sites for hydroxylation is 2. The summed E-state index contributed by atoms with van der Waals surface area (Å²) in [5, 5.41) is 3.45. The average molecular weight is 332 g/mol. The van der Waals surface area contributed by atoms with E-state index in [1.54, 1.807) is 6.20 Å². The van der Waals surface area contributed by atoms with Crippen LogP contribution in [0.3, 0.4) is 0 Å². The Kier molecular flexibility index (Phi) is 3.61.